The summed E-state index contributed by atoms with van der Waals surface area (Å²) in [5.41, 5.74) is 1.86. The largest absolute Gasteiger partial charge is 0.296 e. The molecule has 0 aliphatic rings. The van der Waals surface area contributed by atoms with E-state index in [4.69, 9.17) is 0 Å². The Labute approximate surface area is 143 Å². The van der Waals surface area contributed by atoms with Crippen LogP contribution in [-0.4, -0.2) is 27.3 Å². The third-order valence-corrected chi connectivity index (χ3v) is 3.21. The molecule has 0 amide bonds. The molecule has 0 saturated carbocycles. The van der Waals surface area contributed by atoms with E-state index in [-0.39, 0.29) is 11.4 Å². The van der Waals surface area contributed by atoms with Crippen molar-refractivity contribution in [2.45, 2.75) is 0 Å². The number of nitrogens with zero attached hydrogens (tertiary/aromatic N) is 5. The molecule has 0 fully saturated rings. The highest BCUT2D eigenvalue weighted by molar-refractivity contribution is 5.83. The minimum Gasteiger partial charge on any atom is -0.258 e. The van der Waals surface area contributed by atoms with Crippen LogP contribution in [0.25, 0.3) is 0 Å². The van der Waals surface area contributed by atoms with Crippen molar-refractivity contribution in [2.75, 3.05) is 0 Å². The molecule has 0 bridgehead atoms. The molecule has 25 heavy (non-hydrogen) atoms. The quantitative estimate of drug-likeness (QED) is 0.403. The molecule has 3 aromatic rings. The first-order chi connectivity index (χ1) is 12.2. The van der Waals surface area contributed by atoms with Crippen molar-refractivity contribution < 1.29 is 4.92 Å². The zero-order valence-corrected chi connectivity index (χ0v) is 13.1. The van der Waals surface area contributed by atoms with E-state index in [1.165, 1.54) is 12.3 Å². The lowest BCUT2D eigenvalue weighted by Crippen LogP contribution is -1.90. The average molecular weight is 331 g/mol. The molecular formula is C18H13N5O2. The van der Waals surface area contributed by atoms with E-state index < -0.39 is 4.92 Å². The van der Waals surface area contributed by atoms with Crippen molar-refractivity contribution in [3.05, 3.63) is 88.5 Å². The maximum Gasteiger partial charge on any atom is 0.296 e. The van der Waals surface area contributed by atoms with Crippen LogP contribution in [0.4, 0.5) is 17.1 Å². The van der Waals surface area contributed by atoms with E-state index in [0.717, 1.165) is 0 Å². The van der Waals surface area contributed by atoms with E-state index in [1.54, 1.807) is 55.0 Å². The highest BCUT2D eigenvalue weighted by atomic mass is 16.6. The van der Waals surface area contributed by atoms with Gasteiger partial charge in [-0.2, -0.15) is 0 Å². The first-order valence-electron chi connectivity index (χ1n) is 7.41. The van der Waals surface area contributed by atoms with Gasteiger partial charge in [-0.25, -0.2) is 4.99 Å². The molecule has 2 heterocycles. The summed E-state index contributed by atoms with van der Waals surface area (Å²) in [6, 6.07) is 15.4. The third kappa shape index (κ3) is 4.38. The van der Waals surface area contributed by atoms with Crippen LogP contribution in [0.2, 0.25) is 0 Å². The number of benzene rings is 1. The van der Waals surface area contributed by atoms with E-state index in [1.807, 2.05) is 12.1 Å². The predicted molar refractivity (Wildman–Crippen MR) is 96.1 cm³/mol. The molecule has 0 radical (unpaired) electrons. The van der Waals surface area contributed by atoms with Crippen LogP contribution >= 0.6 is 0 Å². The fourth-order valence-corrected chi connectivity index (χ4v) is 2.03. The summed E-state index contributed by atoms with van der Waals surface area (Å²) in [6.07, 6.45) is 6.32. The van der Waals surface area contributed by atoms with Crippen LogP contribution in [-0.2, 0) is 0 Å². The van der Waals surface area contributed by atoms with Gasteiger partial charge in [0.15, 0.2) is 0 Å². The van der Waals surface area contributed by atoms with Crippen molar-refractivity contribution in [3.8, 4) is 0 Å². The fourth-order valence-electron chi connectivity index (χ4n) is 2.03. The zero-order chi connectivity index (χ0) is 17.5. The highest BCUT2D eigenvalue weighted by Crippen LogP contribution is 2.31. The van der Waals surface area contributed by atoms with Gasteiger partial charge in [-0.05, 0) is 36.4 Å². The summed E-state index contributed by atoms with van der Waals surface area (Å²) in [7, 11) is 0. The second-order valence-corrected chi connectivity index (χ2v) is 4.96. The molecule has 0 unspecified atom stereocenters. The maximum atomic E-state index is 11.3. The number of aromatic nitrogens is 2. The fraction of sp³-hybridized carbons (Fsp3) is 0. The molecule has 0 atom stereocenters. The van der Waals surface area contributed by atoms with Crippen molar-refractivity contribution in [1.29, 1.82) is 0 Å². The Hall–Kier alpha value is -3.74. The number of nitro benzene ring substituents is 1. The van der Waals surface area contributed by atoms with Crippen molar-refractivity contribution in [2.24, 2.45) is 9.98 Å². The van der Waals surface area contributed by atoms with Gasteiger partial charge in [-0.1, -0.05) is 12.1 Å². The van der Waals surface area contributed by atoms with E-state index in [0.29, 0.717) is 17.1 Å². The number of hydrogen-bond acceptors (Lipinski definition) is 6. The van der Waals surface area contributed by atoms with Crippen LogP contribution in [0.15, 0.2) is 77.0 Å². The Morgan fingerprint density at radius 3 is 2.08 bits per heavy atom. The summed E-state index contributed by atoms with van der Waals surface area (Å²) in [5.74, 6) is 0. The molecule has 122 valence electrons. The lowest BCUT2D eigenvalue weighted by Gasteiger charge is -1.99. The minimum absolute atomic E-state index is 0.122. The van der Waals surface area contributed by atoms with Gasteiger partial charge in [-0.3, -0.25) is 25.1 Å². The number of pyridine rings is 2. The van der Waals surface area contributed by atoms with Gasteiger partial charge in [0.05, 0.1) is 34.4 Å². The smallest absolute Gasteiger partial charge is 0.258 e. The molecule has 7 nitrogen and oxygen atoms in total. The summed E-state index contributed by atoms with van der Waals surface area (Å²) in [4.78, 5) is 27.4. The van der Waals surface area contributed by atoms with Crippen molar-refractivity contribution in [3.63, 3.8) is 0 Å². The van der Waals surface area contributed by atoms with Crippen molar-refractivity contribution in [1.82, 2.24) is 9.97 Å². The van der Waals surface area contributed by atoms with E-state index in [2.05, 4.69) is 20.0 Å². The van der Waals surface area contributed by atoms with Crippen LogP contribution in [0, 0.1) is 10.1 Å². The van der Waals surface area contributed by atoms with Gasteiger partial charge in [-0.15, -0.1) is 0 Å². The number of aliphatic imine (C=N–C) groups is 2. The molecule has 3 rings (SSSR count). The minimum atomic E-state index is -0.481. The van der Waals surface area contributed by atoms with E-state index in [9.17, 15) is 10.1 Å². The Morgan fingerprint density at radius 2 is 1.52 bits per heavy atom. The van der Waals surface area contributed by atoms with Crippen LogP contribution in [0.5, 0.6) is 0 Å². The molecule has 0 N–H and O–H groups in total. The third-order valence-electron chi connectivity index (χ3n) is 3.21. The van der Waals surface area contributed by atoms with E-state index >= 15 is 0 Å². The van der Waals surface area contributed by atoms with Gasteiger partial charge in [0.2, 0.25) is 0 Å². The first-order valence-corrected chi connectivity index (χ1v) is 7.41. The number of hydrogen-bond donors (Lipinski definition) is 0. The highest BCUT2D eigenvalue weighted by Gasteiger charge is 2.13. The van der Waals surface area contributed by atoms with Gasteiger partial charge in [0.1, 0.15) is 5.69 Å². The molecule has 2 aromatic heterocycles. The summed E-state index contributed by atoms with van der Waals surface area (Å²) < 4.78 is 0. The molecule has 0 aliphatic carbocycles. The molecular weight excluding hydrogens is 318 g/mol. The lowest BCUT2D eigenvalue weighted by molar-refractivity contribution is -0.384. The average Bonchev–Trinajstić information content (AvgIpc) is 2.66. The monoisotopic (exact) mass is 331 g/mol. The second-order valence-electron chi connectivity index (χ2n) is 4.96. The SMILES string of the molecule is O=[N+]([O-])c1cc(N=Cc2ccccn2)ccc1N=Cc1ccccn1. The summed E-state index contributed by atoms with van der Waals surface area (Å²) in [6.45, 7) is 0. The van der Waals surface area contributed by atoms with Crippen LogP contribution in [0.3, 0.4) is 0 Å². The molecule has 0 spiro atoms. The van der Waals surface area contributed by atoms with Gasteiger partial charge < -0.3 is 0 Å². The van der Waals surface area contributed by atoms with Gasteiger partial charge in [0, 0.05) is 18.5 Å². The Morgan fingerprint density at radius 1 is 0.880 bits per heavy atom. The molecule has 0 saturated heterocycles. The number of rotatable bonds is 5. The molecule has 1 aromatic carbocycles. The summed E-state index contributed by atoms with van der Waals surface area (Å²) >= 11 is 0. The van der Waals surface area contributed by atoms with Gasteiger partial charge >= 0.3 is 0 Å². The Balaban J connectivity index is 1.87. The molecule has 7 heteroatoms. The van der Waals surface area contributed by atoms with Crippen LogP contribution < -0.4 is 0 Å². The van der Waals surface area contributed by atoms with Gasteiger partial charge in [0.25, 0.3) is 5.69 Å². The molecule has 0 aliphatic heterocycles. The van der Waals surface area contributed by atoms with Crippen LogP contribution in [0.1, 0.15) is 11.4 Å². The van der Waals surface area contributed by atoms with Crippen molar-refractivity contribution >= 4 is 29.5 Å². The first kappa shape index (κ1) is 16.1. The normalized spacial score (nSPS) is 11.2. The maximum absolute atomic E-state index is 11.3. The lowest BCUT2D eigenvalue weighted by atomic mass is 10.2. The summed E-state index contributed by atoms with van der Waals surface area (Å²) in [5, 5.41) is 11.3. The Bertz CT molecular complexity index is 925. The second kappa shape index (κ2) is 7.69. The topological polar surface area (TPSA) is 93.6 Å². The zero-order valence-electron chi connectivity index (χ0n) is 13.1. The Kier molecular flexibility index (Phi) is 4.96. The standard InChI is InChI=1S/C18H13N5O2/c24-23(25)18-11-14(21-12-15-5-1-3-9-19-15)7-8-17(18)22-13-16-6-2-4-10-20-16/h1-13H. The predicted octanol–water partition coefficient (Wildman–Crippen LogP) is 3.89. The number of nitro groups is 1.